The highest BCUT2D eigenvalue weighted by Crippen LogP contribution is 2.41. The van der Waals surface area contributed by atoms with Gasteiger partial charge < -0.3 is 10.1 Å². The van der Waals surface area contributed by atoms with E-state index in [1.807, 2.05) is 6.07 Å². The van der Waals surface area contributed by atoms with Crippen LogP contribution in [0.5, 0.6) is 5.75 Å². The van der Waals surface area contributed by atoms with Gasteiger partial charge in [-0.2, -0.15) is 0 Å². The average molecular weight is 240 g/mol. The van der Waals surface area contributed by atoms with E-state index < -0.39 is 0 Å². The molecule has 0 aliphatic carbocycles. The molecular weight excluding hydrogens is 222 g/mol. The number of aryl methyl sites for hydroxylation is 1. The second kappa shape index (κ2) is 4.27. The summed E-state index contributed by atoms with van der Waals surface area (Å²) in [5, 5.41) is 4.25. The quantitative estimate of drug-likeness (QED) is 0.856. The number of methoxy groups -OCH3 is 1. The lowest BCUT2D eigenvalue weighted by Crippen LogP contribution is -2.34. The second-order valence-corrected chi connectivity index (χ2v) is 5.04. The summed E-state index contributed by atoms with van der Waals surface area (Å²) in [7, 11) is 1.68. The van der Waals surface area contributed by atoms with Crippen LogP contribution in [0.4, 0.5) is 0 Å². The summed E-state index contributed by atoms with van der Waals surface area (Å²) in [5.74, 6) is 0.818. The first-order valence-electron chi connectivity index (χ1n) is 5.67. The van der Waals surface area contributed by atoms with Gasteiger partial charge in [0.15, 0.2) is 0 Å². The Labute approximate surface area is 102 Å². The maximum atomic E-state index is 6.19. The van der Waals surface area contributed by atoms with Crippen molar-refractivity contribution in [2.75, 3.05) is 13.7 Å². The van der Waals surface area contributed by atoms with Crippen molar-refractivity contribution in [2.24, 2.45) is 0 Å². The Morgan fingerprint density at radius 2 is 2.19 bits per heavy atom. The van der Waals surface area contributed by atoms with Gasteiger partial charge in [-0.05, 0) is 44.9 Å². The number of hydrogen-bond acceptors (Lipinski definition) is 2. The van der Waals surface area contributed by atoms with Crippen LogP contribution in [0.15, 0.2) is 12.1 Å². The molecule has 1 aliphatic rings. The first kappa shape index (κ1) is 11.7. The molecule has 0 radical (unpaired) electrons. The highest BCUT2D eigenvalue weighted by Gasteiger charge is 2.34. The monoisotopic (exact) mass is 239 g/mol. The van der Waals surface area contributed by atoms with Crippen molar-refractivity contribution in [3.8, 4) is 5.75 Å². The van der Waals surface area contributed by atoms with E-state index in [4.69, 9.17) is 16.3 Å². The summed E-state index contributed by atoms with van der Waals surface area (Å²) >= 11 is 6.19. The standard InChI is InChI=1S/C13H18ClNO/c1-9-5-6-10(14)12(16-3)11(9)13(2)7-4-8-15-13/h5-6,15H,4,7-8H2,1-3H3. The van der Waals surface area contributed by atoms with Crippen molar-refractivity contribution >= 4 is 11.6 Å². The summed E-state index contributed by atoms with van der Waals surface area (Å²) in [6.07, 6.45) is 2.33. The van der Waals surface area contributed by atoms with Crippen molar-refractivity contribution in [1.29, 1.82) is 0 Å². The van der Waals surface area contributed by atoms with E-state index in [2.05, 4.69) is 25.2 Å². The summed E-state index contributed by atoms with van der Waals surface area (Å²) in [6, 6.07) is 3.96. The van der Waals surface area contributed by atoms with Gasteiger partial charge in [-0.25, -0.2) is 0 Å². The minimum atomic E-state index is 0.000324. The number of nitrogens with one attached hydrogen (secondary N) is 1. The Kier molecular flexibility index (Phi) is 3.13. The molecule has 88 valence electrons. The van der Waals surface area contributed by atoms with Crippen LogP contribution in [0.2, 0.25) is 5.02 Å². The van der Waals surface area contributed by atoms with E-state index in [1.165, 1.54) is 17.5 Å². The summed E-state index contributed by atoms with van der Waals surface area (Å²) in [4.78, 5) is 0. The lowest BCUT2D eigenvalue weighted by atomic mass is 9.86. The molecule has 1 fully saturated rings. The van der Waals surface area contributed by atoms with E-state index in [1.54, 1.807) is 7.11 Å². The highest BCUT2D eigenvalue weighted by molar-refractivity contribution is 6.32. The van der Waals surface area contributed by atoms with Gasteiger partial charge >= 0.3 is 0 Å². The first-order valence-corrected chi connectivity index (χ1v) is 6.05. The molecule has 0 amide bonds. The molecule has 1 aromatic rings. The molecule has 1 unspecified atom stereocenters. The molecule has 1 heterocycles. The van der Waals surface area contributed by atoms with Crippen LogP contribution in [0.25, 0.3) is 0 Å². The fourth-order valence-corrected chi connectivity index (χ4v) is 2.88. The van der Waals surface area contributed by atoms with Crippen molar-refractivity contribution in [1.82, 2.24) is 5.32 Å². The highest BCUT2D eigenvalue weighted by atomic mass is 35.5. The van der Waals surface area contributed by atoms with Gasteiger partial charge in [-0.15, -0.1) is 0 Å². The molecule has 1 saturated heterocycles. The predicted molar refractivity (Wildman–Crippen MR) is 67.3 cm³/mol. The van der Waals surface area contributed by atoms with E-state index in [0.717, 1.165) is 18.7 Å². The minimum absolute atomic E-state index is 0.000324. The van der Waals surface area contributed by atoms with Gasteiger partial charge in [0.2, 0.25) is 0 Å². The van der Waals surface area contributed by atoms with E-state index in [9.17, 15) is 0 Å². The van der Waals surface area contributed by atoms with Crippen molar-refractivity contribution in [3.05, 3.63) is 28.3 Å². The Hall–Kier alpha value is -0.730. The van der Waals surface area contributed by atoms with Crippen LogP contribution in [0.3, 0.4) is 0 Å². The SMILES string of the molecule is COc1c(Cl)ccc(C)c1C1(C)CCCN1. The zero-order valence-corrected chi connectivity index (χ0v) is 10.8. The van der Waals surface area contributed by atoms with Gasteiger partial charge in [0, 0.05) is 11.1 Å². The molecule has 1 aromatic carbocycles. The smallest absolute Gasteiger partial charge is 0.142 e. The van der Waals surface area contributed by atoms with E-state index in [0.29, 0.717) is 5.02 Å². The number of halogens is 1. The predicted octanol–water partition coefficient (Wildman–Crippen LogP) is 3.26. The van der Waals surface area contributed by atoms with Crippen LogP contribution < -0.4 is 10.1 Å². The van der Waals surface area contributed by atoms with Crippen LogP contribution in [0.1, 0.15) is 30.9 Å². The fraction of sp³-hybridized carbons (Fsp3) is 0.538. The van der Waals surface area contributed by atoms with Crippen LogP contribution in [0, 0.1) is 6.92 Å². The van der Waals surface area contributed by atoms with Crippen LogP contribution in [-0.4, -0.2) is 13.7 Å². The van der Waals surface area contributed by atoms with Crippen molar-refractivity contribution in [3.63, 3.8) is 0 Å². The third-order valence-corrected chi connectivity index (χ3v) is 3.74. The van der Waals surface area contributed by atoms with Gasteiger partial charge in [-0.3, -0.25) is 0 Å². The number of benzene rings is 1. The Morgan fingerprint density at radius 1 is 1.44 bits per heavy atom. The van der Waals surface area contributed by atoms with Crippen molar-refractivity contribution in [2.45, 2.75) is 32.2 Å². The number of rotatable bonds is 2. The molecule has 0 saturated carbocycles. The van der Waals surface area contributed by atoms with Gasteiger partial charge in [0.05, 0.1) is 12.1 Å². The Bertz CT molecular complexity index is 397. The zero-order chi connectivity index (χ0) is 11.8. The van der Waals surface area contributed by atoms with Gasteiger partial charge in [-0.1, -0.05) is 17.7 Å². The molecule has 0 aromatic heterocycles. The molecule has 0 spiro atoms. The summed E-state index contributed by atoms with van der Waals surface area (Å²) < 4.78 is 5.46. The first-order chi connectivity index (χ1) is 7.58. The lowest BCUT2D eigenvalue weighted by molar-refractivity contribution is 0.369. The Morgan fingerprint density at radius 3 is 2.75 bits per heavy atom. The summed E-state index contributed by atoms with van der Waals surface area (Å²) in [6.45, 7) is 5.40. The maximum absolute atomic E-state index is 6.19. The number of hydrogen-bond donors (Lipinski definition) is 1. The van der Waals surface area contributed by atoms with Gasteiger partial charge in [0.25, 0.3) is 0 Å². The average Bonchev–Trinajstić information content (AvgIpc) is 2.69. The second-order valence-electron chi connectivity index (χ2n) is 4.63. The Balaban J connectivity index is 2.57. The topological polar surface area (TPSA) is 21.3 Å². The van der Waals surface area contributed by atoms with Crippen molar-refractivity contribution < 1.29 is 4.74 Å². The van der Waals surface area contributed by atoms with Crippen LogP contribution >= 0.6 is 11.6 Å². The molecule has 1 aliphatic heterocycles. The van der Waals surface area contributed by atoms with E-state index in [-0.39, 0.29) is 5.54 Å². The zero-order valence-electron chi connectivity index (χ0n) is 10.1. The normalized spacial score (nSPS) is 24.8. The van der Waals surface area contributed by atoms with E-state index >= 15 is 0 Å². The summed E-state index contributed by atoms with van der Waals surface area (Å²) in [5.41, 5.74) is 2.44. The molecule has 0 bridgehead atoms. The maximum Gasteiger partial charge on any atom is 0.142 e. The number of ether oxygens (including phenoxy) is 1. The minimum Gasteiger partial charge on any atom is -0.495 e. The molecule has 16 heavy (non-hydrogen) atoms. The lowest BCUT2D eigenvalue weighted by Gasteiger charge is -2.29. The van der Waals surface area contributed by atoms with Crippen LogP contribution in [-0.2, 0) is 5.54 Å². The third-order valence-electron chi connectivity index (χ3n) is 3.44. The molecule has 3 heteroatoms. The molecule has 1 atom stereocenters. The van der Waals surface area contributed by atoms with Gasteiger partial charge in [0.1, 0.15) is 5.75 Å². The third kappa shape index (κ3) is 1.80. The molecule has 2 rings (SSSR count). The molecular formula is C13H18ClNO. The molecule has 2 nitrogen and oxygen atoms in total. The largest absolute Gasteiger partial charge is 0.495 e. The molecule has 1 N–H and O–H groups in total. The fourth-order valence-electron chi connectivity index (χ4n) is 2.65.